The van der Waals surface area contributed by atoms with Gasteiger partial charge in [0.25, 0.3) is 0 Å². The van der Waals surface area contributed by atoms with Crippen molar-refractivity contribution in [2.75, 3.05) is 30.4 Å². The van der Waals surface area contributed by atoms with Gasteiger partial charge in [0.15, 0.2) is 5.82 Å². The van der Waals surface area contributed by atoms with E-state index in [-0.39, 0.29) is 46.5 Å². The number of aryl methyl sites for hydroxylation is 1. The Kier molecular flexibility index (Phi) is 7.38. The normalized spacial score (nSPS) is 15.5. The molecule has 0 spiro atoms. The number of halogens is 5. The fourth-order valence-corrected chi connectivity index (χ4v) is 6.20. The van der Waals surface area contributed by atoms with Gasteiger partial charge in [-0.15, -0.1) is 0 Å². The van der Waals surface area contributed by atoms with Crippen molar-refractivity contribution in [1.29, 1.82) is 0 Å². The van der Waals surface area contributed by atoms with Crippen LogP contribution in [0.25, 0.3) is 27.7 Å². The largest absolute Gasteiger partial charge is 0.417 e. The number of rotatable bonds is 7. The molecule has 2 N–H and O–H groups in total. The van der Waals surface area contributed by atoms with E-state index in [1.54, 1.807) is 25.1 Å². The molecule has 14 heteroatoms. The molecule has 7 rings (SSSR count). The average Bonchev–Trinajstić information content (AvgIpc) is 3.48. The minimum Gasteiger partial charge on any atom is -0.372 e. The number of nitrogens with one attached hydrogen (secondary N) is 2. The van der Waals surface area contributed by atoms with Gasteiger partial charge < -0.3 is 20.1 Å². The molecule has 0 radical (unpaired) electrons. The van der Waals surface area contributed by atoms with Crippen LogP contribution < -0.4 is 15.5 Å². The lowest BCUT2D eigenvalue weighted by molar-refractivity contribution is -0.137. The maximum Gasteiger partial charge on any atom is 0.417 e. The SMILES string of the molecule is CN1CCc2nc(C(=O)c3cc(F)c(NC(=O)/C=C/CNC4(C)CC4)c(F)c3)n3cccc(c23)-c2c(C(F)(F)F)cc3c(ncn3C)c21. The summed E-state index contributed by atoms with van der Waals surface area (Å²) in [5.74, 6) is -4.17. The Hall–Kier alpha value is -5.11. The van der Waals surface area contributed by atoms with Crippen molar-refractivity contribution in [3.8, 4) is 11.1 Å². The molecule has 1 fully saturated rings. The van der Waals surface area contributed by atoms with Gasteiger partial charge >= 0.3 is 6.18 Å². The predicted octanol–water partition coefficient (Wildman–Crippen LogP) is 6.05. The van der Waals surface area contributed by atoms with Gasteiger partial charge in [0.1, 0.15) is 22.8 Å². The summed E-state index contributed by atoms with van der Waals surface area (Å²) in [6.45, 7) is 2.71. The maximum absolute atomic E-state index is 15.2. The van der Waals surface area contributed by atoms with Crippen molar-refractivity contribution in [2.45, 2.75) is 37.9 Å². The minimum absolute atomic E-state index is 0.0549. The number of fused-ring (bicyclic) bond motifs is 4. The first-order valence-electron chi connectivity index (χ1n) is 15.3. The van der Waals surface area contributed by atoms with Crippen molar-refractivity contribution in [2.24, 2.45) is 7.05 Å². The van der Waals surface area contributed by atoms with Gasteiger partial charge in [-0.2, -0.15) is 13.2 Å². The standard InChI is InChI=1S/C34H30F5N7O2/c1-33(9-10-33)41-11-4-7-25(47)43-27-21(35)14-18(15-22(27)36)31(48)32-42-23-8-13-44(2)30-26(19-6-5-12-46(32)29(19)23)20(34(37,38)39)16-24-28(30)40-17-45(24)3/h4-7,12,14-17,41H,8-11,13H2,1-3H3,(H,43,47)/b7-4+. The van der Waals surface area contributed by atoms with Crippen LogP contribution in [-0.2, 0) is 24.4 Å². The molecule has 2 aliphatic rings. The summed E-state index contributed by atoms with van der Waals surface area (Å²) in [6, 6.07) is 5.68. The smallest absolute Gasteiger partial charge is 0.372 e. The Morgan fingerprint density at radius 1 is 1.10 bits per heavy atom. The highest BCUT2D eigenvalue weighted by atomic mass is 19.4. The fraction of sp³-hybridized carbons (Fsp3) is 0.294. The van der Waals surface area contributed by atoms with E-state index in [4.69, 9.17) is 0 Å². The second-order valence-corrected chi connectivity index (χ2v) is 12.5. The molecule has 0 saturated heterocycles. The van der Waals surface area contributed by atoms with E-state index in [1.165, 1.54) is 33.6 Å². The second-order valence-electron chi connectivity index (χ2n) is 12.5. The number of alkyl halides is 3. The van der Waals surface area contributed by atoms with E-state index in [9.17, 15) is 22.8 Å². The molecule has 0 atom stereocenters. The van der Waals surface area contributed by atoms with Crippen LogP contribution in [0.4, 0.5) is 33.3 Å². The minimum atomic E-state index is -4.73. The lowest BCUT2D eigenvalue weighted by Crippen LogP contribution is -2.27. The summed E-state index contributed by atoms with van der Waals surface area (Å²) in [6.07, 6.45) is 3.23. The monoisotopic (exact) mass is 663 g/mol. The van der Waals surface area contributed by atoms with Crippen LogP contribution in [0.3, 0.4) is 0 Å². The number of benzene rings is 2. The zero-order chi connectivity index (χ0) is 34.1. The summed E-state index contributed by atoms with van der Waals surface area (Å²) < 4.78 is 77.3. The number of hydrogen-bond acceptors (Lipinski definition) is 6. The summed E-state index contributed by atoms with van der Waals surface area (Å²) in [5.41, 5.74) is -0.228. The molecule has 0 bridgehead atoms. The van der Waals surface area contributed by atoms with Crippen molar-refractivity contribution >= 4 is 39.6 Å². The van der Waals surface area contributed by atoms with Crippen molar-refractivity contribution in [1.82, 2.24) is 24.3 Å². The van der Waals surface area contributed by atoms with Gasteiger partial charge in [-0.25, -0.2) is 18.7 Å². The molecule has 1 saturated carbocycles. The zero-order valence-electron chi connectivity index (χ0n) is 26.2. The van der Waals surface area contributed by atoms with E-state index >= 15 is 8.78 Å². The number of amides is 1. The Morgan fingerprint density at radius 3 is 2.52 bits per heavy atom. The highest BCUT2D eigenvalue weighted by Gasteiger charge is 2.39. The van der Waals surface area contributed by atoms with E-state index in [1.807, 2.05) is 0 Å². The first kappa shape index (κ1) is 31.5. The molecular formula is C34H30F5N7O2. The molecule has 9 nitrogen and oxygen atoms in total. The van der Waals surface area contributed by atoms with Crippen molar-refractivity contribution < 1.29 is 31.5 Å². The van der Waals surface area contributed by atoms with Crippen LogP contribution in [0.5, 0.6) is 0 Å². The molecule has 5 aromatic rings. The molecule has 48 heavy (non-hydrogen) atoms. The number of carbonyl (C=O) groups excluding carboxylic acids is 2. The van der Waals surface area contributed by atoms with Crippen LogP contribution in [0, 0.1) is 11.6 Å². The topological polar surface area (TPSA) is 96.6 Å². The van der Waals surface area contributed by atoms with Gasteiger partial charge in [-0.1, -0.05) is 12.1 Å². The predicted molar refractivity (Wildman–Crippen MR) is 170 cm³/mol. The van der Waals surface area contributed by atoms with Gasteiger partial charge in [0.05, 0.1) is 34.3 Å². The van der Waals surface area contributed by atoms with Crippen LogP contribution in [0.1, 0.15) is 47.2 Å². The molecular weight excluding hydrogens is 633 g/mol. The Balaban J connectivity index is 1.28. The van der Waals surface area contributed by atoms with Crippen molar-refractivity contribution in [3.05, 3.63) is 89.3 Å². The fourth-order valence-electron chi connectivity index (χ4n) is 6.20. The quantitative estimate of drug-likeness (QED) is 0.125. The molecule has 3 aromatic heterocycles. The number of nitrogens with zero attached hydrogens (tertiary/aromatic N) is 5. The lowest BCUT2D eigenvalue weighted by Gasteiger charge is -2.28. The second kappa shape index (κ2) is 11.3. The molecule has 1 aliphatic heterocycles. The Labute approximate surface area is 271 Å². The van der Waals surface area contributed by atoms with E-state index in [0.717, 1.165) is 37.1 Å². The van der Waals surface area contributed by atoms with E-state index < -0.39 is 40.8 Å². The molecule has 0 unspecified atom stereocenters. The number of ketones is 1. The maximum atomic E-state index is 15.2. The number of aromatic nitrogens is 4. The van der Waals surface area contributed by atoms with Crippen LogP contribution in [0.2, 0.25) is 0 Å². The van der Waals surface area contributed by atoms with Gasteiger partial charge in [-0.3, -0.25) is 14.0 Å². The number of pyridine rings is 1. The van der Waals surface area contributed by atoms with Crippen LogP contribution in [0.15, 0.2) is 55.0 Å². The highest BCUT2D eigenvalue weighted by molar-refractivity contribution is 6.09. The summed E-state index contributed by atoms with van der Waals surface area (Å²) in [5, 5.41) is 5.43. The van der Waals surface area contributed by atoms with Gasteiger partial charge in [0.2, 0.25) is 11.7 Å². The number of likely N-dealkylation sites (N-methyl/N-ethyl adjacent to an activating group) is 1. The lowest BCUT2D eigenvalue weighted by atomic mass is 9.93. The van der Waals surface area contributed by atoms with Crippen LogP contribution >= 0.6 is 0 Å². The highest BCUT2D eigenvalue weighted by Crippen LogP contribution is 2.48. The third-order valence-electron chi connectivity index (χ3n) is 9.04. The third-order valence-corrected chi connectivity index (χ3v) is 9.04. The number of carbonyl (C=O) groups is 2. The molecule has 248 valence electrons. The van der Waals surface area contributed by atoms with Gasteiger partial charge in [-0.05, 0) is 44.0 Å². The van der Waals surface area contributed by atoms with E-state index in [0.29, 0.717) is 29.0 Å². The molecule has 4 heterocycles. The van der Waals surface area contributed by atoms with Crippen molar-refractivity contribution in [3.63, 3.8) is 0 Å². The molecule has 2 aromatic carbocycles. The first-order chi connectivity index (χ1) is 22.8. The number of hydrogen-bond donors (Lipinski definition) is 2. The number of anilines is 2. The number of imidazole rings is 2. The Morgan fingerprint density at radius 2 is 1.83 bits per heavy atom. The average molecular weight is 664 g/mol. The summed E-state index contributed by atoms with van der Waals surface area (Å²) >= 11 is 0. The zero-order valence-corrected chi connectivity index (χ0v) is 26.2. The summed E-state index contributed by atoms with van der Waals surface area (Å²) in [7, 11) is 3.30. The Bertz CT molecular complexity index is 2160. The summed E-state index contributed by atoms with van der Waals surface area (Å²) in [4.78, 5) is 36.7. The first-order valence-corrected chi connectivity index (χ1v) is 15.3. The third kappa shape index (κ3) is 5.39. The van der Waals surface area contributed by atoms with E-state index in [2.05, 4.69) is 27.5 Å². The van der Waals surface area contributed by atoms with Crippen LogP contribution in [-0.4, -0.2) is 56.3 Å². The molecule has 1 aliphatic carbocycles. The molecule has 1 amide bonds. The van der Waals surface area contributed by atoms with Gasteiger partial charge in [0, 0.05) is 68.1 Å².